The van der Waals surface area contributed by atoms with E-state index >= 15 is 0 Å². The Bertz CT molecular complexity index is 372. The number of rotatable bonds is 2. The van der Waals surface area contributed by atoms with Gasteiger partial charge in [0.05, 0.1) is 5.92 Å². The van der Waals surface area contributed by atoms with E-state index in [4.69, 9.17) is 5.11 Å². The first-order valence-electron chi connectivity index (χ1n) is 7.75. The van der Waals surface area contributed by atoms with Crippen molar-refractivity contribution in [1.29, 1.82) is 0 Å². The predicted octanol–water partition coefficient (Wildman–Crippen LogP) is 2.32. The zero-order chi connectivity index (χ0) is 14.7. The lowest BCUT2D eigenvalue weighted by Crippen LogP contribution is -2.52. The Kier molecular flexibility index (Phi) is 4.89. The second-order valence-electron chi connectivity index (χ2n) is 6.57. The van der Waals surface area contributed by atoms with Gasteiger partial charge < -0.3 is 15.3 Å². The fraction of sp³-hybridized carbons (Fsp3) is 0.867. The van der Waals surface area contributed by atoms with Gasteiger partial charge in [-0.15, -0.1) is 0 Å². The molecule has 0 aromatic carbocycles. The maximum atomic E-state index is 12.3. The number of carboxylic acids is 1. The largest absolute Gasteiger partial charge is 0.481 e. The molecule has 5 nitrogen and oxygen atoms in total. The minimum absolute atomic E-state index is 0.0812. The molecule has 5 heteroatoms. The summed E-state index contributed by atoms with van der Waals surface area (Å²) in [5.41, 5.74) is 0. The van der Waals surface area contributed by atoms with Gasteiger partial charge in [-0.05, 0) is 43.9 Å². The Morgan fingerprint density at radius 3 is 2.60 bits per heavy atom. The number of piperidine rings is 1. The zero-order valence-electron chi connectivity index (χ0n) is 12.5. The van der Waals surface area contributed by atoms with Crippen LogP contribution in [0.15, 0.2) is 0 Å². The van der Waals surface area contributed by atoms with E-state index in [0.717, 1.165) is 31.6 Å². The molecule has 2 aliphatic rings. The van der Waals surface area contributed by atoms with Gasteiger partial charge >= 0.3 is 12.0 Å². The minimum atomic E-state index is -0.789. The molecule has 2 N–H and O–H groups in total. The standard InChI is InChI=1S/C15H26N2O3/c1-10-5-6-13(11(2)8-10)16-15(20)17-7-3-4-12(9-17)14(18)19/h10-13H,3-9H2,1-2H3,(H,16,20)(H,18,19). The van der Waals surface area contributed by atoms with Crippen LogP contribution in [0, 0.1) is 17.8 Å². The molecule has 1 saturated carbocycles. The second-order valence-corrected chi connectivity index (χ2v) is 6.57. The summed E-state index contributed by atoms with van der Waals surface area (Å²) in [5.74, 6) is 0.0490. The lowest BCUT2D eigenvalue weighted by molar-refractivity contribution is -0.143. The highest BCUT2D eigenvalue weighted by Crippen LogP contribution is 2.29. The normalized spacial score (nSPS) is 34.6. The number of aliphatic carboxylic acids is 1. The Hall–Kier alpha value is -1.26. The lowest BCUT2D eigenvalue weighted by Gasteiger charge is -2.36. The SMILES string of the molecule is CC1CCC(NC(=O)N2CCCC(C(=O)O)C2)C(C)C1. The van der Waals surface area contributed by atoms with Crippen molar-refractivity contribution in [3.05, 3.63) is 0 Å². The molecule has 2 amide bonds. The topological polar surface area (TPSA) is 69.6 Å². The predicted molar refractivity (Wildman–Crippen MR) is 76.4 cm³/mol. The number of amides is 2. The fourth-order valence-corrected chi connectivity index (χ4v) is 3.49. The van der Waals surface area contributed by atoms with Crippen LogP contribution < -0.4 is 5.32 Å². The summed E-state index contributed by atoms with van der Waals surface area (Å²) in [6.07, 6.45) is 4.80. The van der Waals surface area contributed by atoms with Crippen LogP contribution in [0.1, 0.15) is 46.0 Å². The van der Waals surface area contributed by atoms with Crippen LogP contribution in [0.5, 0.6) is 0 Å². The van der Waals surface area contributed by atoms with E-state index in [1.165, 1.54) is 0 Å². The Balaban J connectivity index is 1.86. The highest BCUT2D eigenvalue weighted by Gasteiger charge is 2.31. The van der Waals surface area contributed by atoms with Crippen LogP contribution in [0.3, 0.4) is 0 Å². The zero-order valence-corrected chi connectivity index (χ0v) is 12.5. The summed E-state index contributed by atoms with van der Waals surface area (Å²) < 4.78 is 0. The van der Waals surface area contributed by atoms with Crippen molar-refractivity contribution in [2.24, 2.45) is 17.8 Å². The number of carbonyl (C=O) groups is 2. The molecule has 1 aliphatic carbocycles. The van der Waals surface area contributed by atoms with Crippen molar-refractivity contribution < 1.29 is 14.7 Å². The van der Waals surface area contributed by atoms with Crippen LogP contribution in [0.25, 0.3) is 0 Å². The van der Waals surface area contributed by atoms with Gasteiger partial charge in [0.2, 0.25) is 0 Å². The smallest absolute Gasteiger partial charge is 0.317 e. The molecule has 4 unspecified atom stereocenters. The number of hydrogen-bond donors (Lipinski definition) is 2. The molecule has 4 atom stereocenters. The molecule has 0 spiro atoms. The quantitative estimate of drug-likeness (QED) is 0.816. The Morgan fingerprint density at radius 1 is 1.20 bits per heavy atom. The first-order chi connectivity index (χ1) is 9.47. The molecule has 0 bridgehead atoms. The van der Waals surface area contributed by atoms with Crippen LogP contribution in [-0.2, 0) is 4.79 Å². The minimum Gasteiger partial charge on any atom is -0.481 e. The molecule has 2 rings (SSSR count). The number of urea groups is 1. The molecule has 0 radical (unpaired) electrons. The van der Waals surface area contributed by atoms with Crippen molar-refractivity contribution >= 4 is 12.0 Å². The second kappa shape index (κ2) is 6.46. The summed E-state index contributed by atoms with van der Waals surface area (Å²) in [5, 5.41) is 12.2. The third-order valence-corrected chi connectivity index (χ3v) is 4.80. The van der Waals surface area contributed by atoms with Gasteiger partial charge in [0.15, 0.2) is 0 Å². The molecular weight excluding hydrogens is 256 g/mol. The molecule has 1 heterocycles. The first-order valence-corrected chi connectivity index (χ1v) is 7.75. The summed E-state index contributed by atoms with van der Waals surface area (Å²) >= 11 is 0. The van der Waals surface area contributed by atoms with Crippen molar-refractivity contribution in [2.45, 2.75) is 52.0 Å². The van der Waals surface area contributed by atoms with E-state index < -0.39 is 11.9 Å². The Morgan fingerprint density at radius 2 is 1.95 bits per heavy atom. The van der Waals surface area contributed by atoms with Gasteiger partial charge in [-0.25, -0.2) is 4.79 Å². The van der Waals surface area contributed by atoms with Gasteiger partial charge in [-0.2, -0.15) is 0 Å². The fourth-order valence-electron chi connectivity index (χ4n) is 3.49. The molecule has 114 valence electrons. The van der Waals surface area contributed by atoms with E-state index in [1.54, 1.807) is 4.90 Å². The number of hydrogen-bond acceptors (Lipinski definition) is 2. The van der Waals surface area contributed by atoms with E-state index in [-0.39, 0.29) is 12.1 Å². The first kappa shape index (κ1) is 15.1. The monoisotopic (exact) mass is 282 g/mol. The van der Waals surface area contributed by atoms with Gasteiger partial charge in [-0.3, -0.25) is 4.79 Å². The summed E-state index contributed by atoms with van der Waals surface area (Å²) in [6, 6.07) is 0.159. The van der Waals surface area contributed by atoms with Crippen LogP contribution >= 0.6 is 0 Å². The summed E-state index contributed by atoms with van der Waals surface area (Å²) in [4.78, 5) is 25.0. The van der Waals surface area contributed by atoms with Crippen molar-refractivity contribution in [1.82, 2.24) is 10.2 Å². The Labute approximate surface area is 120 Å². The third-order valence-electron chi connectivity index (χ3n) is 4.80. The van der Waals surface area contributed by atoms with Gasteiger partial charge in [0.1, 0.15) is 0 Å². The van der Waals surface area contributed by atoms with E-state index in [9.17, 15) is 9.59 Å². The van der Waals surface area contributed by atoms with Crippen LogP contribution in [-0.4, -0.2) is 41.1 Å². The molecule has 0 aromatic rings. The highest BCUT2D eigenvalue weighted by molar-refractivity contribution is 5.76. The summed E-state index contributed by atoms with van der Waals surface area (Å²) in [7, 11) is 0. The highest BCUT2D eigenvalue weighted by atomic mass is 16.4. The molecule has 1 aliphatic heterocycles. The van der Waals surface area contributed by atoms with Gasteiger partial charge in [0, 0.05) is 19.1 Å². The number of nitrogens with one attached hydrogen (secondary N) is 1. The molecule has 1 saturated heterocycles. The van der Waals surface area contributed by atoms with Crippen molar-refractivity contribution in [3.8, 4) is 0 Å². The van der Waals surface area contributed by atoms with Crippen LogP contribution in [0.4, 0.5) is 4.79 Å². The number of likely N-dealkylation sites (tertiary alicyclic amines) is 1. The maximum absolute atomic E-state index is 12.3. The van der Waals surface area contributed by atoms with Crippen LogP contribution in [0.2, 0.25) is 0 Å². The summed E-state index contributed by atoms with van der Waals surface area (Å²) in [6.45, 7) is 5.47. The van der Waals surface area contributed by atoms with Crippen molar-refractivity contribution in [3.63, 3.8) is 0 Å². The number of carboxylic acid groups (broad SMARTS) is 1. The number of nitrogens with zero attached hydrogens (tertiary/aromatic N) is 1. The third kappa shape index (κ3) is 3.64. The maximum Gasteiger partial charge on any atom is 0.317 e. The van der Waals surface area contributed by atoms with Crippen molar-refractivity contribution in [2.75, 3.05) is 13.1 Å². The van der Waals surface area contributed by atoms with E-state index in [2.05, 4.69) is 19.2 Å². The van der Waals surface area contributed by atoms with Gasteiger partial charge in [-0.1, -0.05) is 13.8 Å². The molecule has 2 fully saturated rings. The van der Waals surface area contributed by atoms with E-state index in [1.807, 2.05) is 0 Å². The average molecular weight is 282 g/mol. The lowest BCUT2D eigenvalue weighted by atomic mass is 9.80. The average Bonchev–Trinajstić information content (AvgIpc) is 2.42. The molecule has 0 aromatic heterocycles. The van der Waals surface area contributed by atoms with Gasteiger partial charge in [0.25, 0.3) is 0 Å². The molecular formula is C15H26N2O3. The number of carbonyl (C=O) groups excluding carboxylic acids is 1. The molecule has 20 heavy (non-hydrogen) atoms. The van der Waals surface area contributed by atoms with E-state index in [0.29, 0.717) is 25.4 Å².